The molecular formula is C17H15N3OS3. The number of benzene rings is 2. The molecule has 0 spiro atoms. The number of rotatable bonds is 6. The summed E-state index contributed by atoms with van der Waals surface area (Å²) in [5.74, 6) is 0.306. The SMILES string of the molecule is O=C(CSc1nn(-c2ccccc2)c(=S)s1)NCc1ccccc1. The second-order valence-corrected chi connectivity index (χ2v) is 7.78. The van der Waals surface area contributed by atoms with Crippen molar-refractivity contribution in [3.05, 3.63) is 70.2 Å². The van der Waals surface area contributed by atoms with Crippen LogP contribution in [0.2, 0.25) is 0 Å². The Morgan fingerprint density at radius 1 is 1.12 bits per heavy atom. The average molecular weight is 374 g/mol. The zero-order valence-electron chi connectivity index (χ0n) is 12.7. The van der Waals surface area contributed by atoms with Crippen LogP contribution in [0, 0.1) is 3.95 Å². The van der Waals surface area contributed by atoms with Crippen molar-refractivity contribution in [1.29, 1.82) is 0 Å². The predicted octanol–water partition coefficient (Wildman–Crippen LogP) is 4.07. The Bertz CT molecular complexity index is 860. The monoisotopic (exact) mass is 373 g/mol. The Morgan fingerprint density at radius 3 is 2.50 bits per heavy atom. The van der Waals surface area contributed by atoms with Crippen LogP contribution in [0.25, 0.3) is 5.69 Å². The lowest BCUT2D eigenvalue weighted by Crippen LogP contribution is -2.24. The van der Waals surface area contributed by atoms with Gasteiger partial charge >= 0.3 is 0 Å². The van der Waals surface area contributed by atoms with Gasteiger partial charge in [-0.05, 0) is 29.9 Å². The van der Waals surface area contributed by atoms with E-state index in [4.69, 9.17) is 12.2 Å². The first-order chi connectivity index (χ1) is 11.7. The molecule has 4 nitrogen and oxygen atoms in total. The first-order valence-corrected chi connectivity index (χ1v) is 9.52. The van der Waals surface area contributed by atoms with E-state index in [2.05, 4.69) is 10.4 Å². The number of para-hydroxylation sites is 1. The molecule has 1 amide bonds. The third-order valence-electron chi connectivity index (χ3n) is 3.19. The molecule has 2 aromatic carbocycles. The van der Waals surface area contributed by atoms with Gasteiger partial charge in [0.15, 0.2) is 8.29 Å². The maximum absolute atomic E-state index is 12.0. The number of hydrogen-bond acceptors (Lipinski definition) is 5. The van der Waals surface area contributed by atoms with E-state index >= 15 is 0 Å². The summed E-state index contributed by atoms with van der Waals surface area (Å²) in [6.07, 6.45) is 0. The van der Waals surface area contributed by atoms with Crippen molar-refractivity contribution < 1.29 is 4.79 Å². The highest BCUT2D eigenvalue weighted by Gasteiger charge is 2.09. The maximum atomic E-state index is 12.0. The van der Waals surface area contributed by atoms with E-state index < -0.39 is 0 Å². The molecule has 0 radical (unpaired) electrons. The van der Waals surface area contributed by atoms with Crippen LogP contribution < -0.4 is 5.32 Å². The van der Waals surface area contributed by atoms with Gasteiger partial charge in [0, 0.05) is 6.54 Å². The zero-order chi connectivity index (χ0) is 16.8. The lowest BCUT2D eigenvalue weighted by molar-refractivity contribution is -0.118. The topological polar surface area (TPSA) is 46.9 Å². The van der Waals surface area contributed by atoms with Crippen LogP contribution in [0.15, 0.2) is 65.0 Å². The van der Waals surface area contributed by atoms with Crippen molar-refractivity contribution >= 4 is 41.2 Å². The quantitative estimate of drug-likeness (QED) is 0.523. The van der Waals surface area contributed by atoms with Gasteiger partial charge in [0.2, 0.25) is 5.91 Å². The van der Waals surface area contributed by atoms with Gasteiger partial charge in [0.25, 0.3) is 0 Å². The summed E-state index contributed by atoms with van der Waals surface area (Å²) < 4.78 is 3.19. The molecule has 1 heterocycles. The van der Waals surface area contributed by atoms with Crippen LogP contribution in [0.3, 0.4) is 0 Å². The van der Waals surface area contributed by atoms with E-state index in [-0.39, 0.29) is 5.91 Å². The van der Waals surface area contributed by atoms with Crippen LogP contribution in [-0.4, -0.2) is 21.4 Å². The molecule has 1 N–H and O–H groups in total. The van der Waals surface area contributed by atoms with Crippen LogP contribution in [0.1, 0.15) is 5.56 Å². The molecule has 24 heavy (non-hydrogen) atoms. The third kappa shape index (κ3) is 4.53. The van der Waals surface area contributed by atoms with Crippen molar-refractivity contribution in [3.63, 3.8) is 0 Å². The maximum Gasteiger partial charge on any atom is 0.230 e. The lowest BCUT2D eigenvalue weighted by atomic mass is 10.2. The van der Waals surface area contributed by atoms with Crippen LogP contribution in [0.4, 0.5) is 0 Å². The second-order valence-electron chi connectivity index (χ2n) is 4.93. The Labute approximate surface area is 153 Å². The highest BCUT2D eigenvalue weighted by atomic mass is 32.2. The van der Waals surface area contributed by atoms with Crippen LogP contribution >= 0.6 is 35.3 Å². The molecule has 3 aromatic rings. The minimum Gasteiger partial charge on any atom is -0.351 e. The van der Waals surface area contributed by atoms with Crippen LogP contribution in [-0.2, 0) is 11.3 Å². The normalized spacial score (nSPS) is 10.5. The fourth-order valence-electron chi connectivity index (χ4n) is 2.03. The molecule has 0 aliphatic rings. The number of nitrogens with one attached hydrogen (secondary N) is 1. The molecule has 0 atom stereocenters. The molecule has 0 saturated heterocycles. The van der Waals surface area contributed by atoms with Gasteiger partial charge in [0.05, 0.1) is 11.4 Å². The molecule has 1 aromatic heterocycles. The molecule has 7 heteroatoms. The number of hydrogen-bond donors (Lipinski definition) is 1. The molecular weight excluding hydrogens is 358 g/mol. The summed E-state index contributed by atoms with van der Waals surface area (Å²) in [4.78, 5) is 12.0. The number of aromatic nitrogens is 2. The smallest absolute Gasteiger partial charge is 0.230 e. The zero-order valence-corrected chi connectivity index (χ0v) is 15.2. The number of carbonyl (C=O) groups is 1. The minimum atomic E-state index is -0.0174. The second kappa shape index (κ2) is 8.23. The fraction of sp³-hybridized carbons (Fsp3) is 0.118. The van der Waals surface area contributed by atoms with E-state index in [0.29, 0.717) is 16.3 Å². The summed E-state index contributed by atoms with van der Waals surface area (Å²) in [7, 11) is 0. The first-order valence-electron chi connectivity index (χ1n) is 7.31. The standard InChI is InChI=1S/C17H15N3OS3/c21-15(18-11-13-7-3-1-4-8-13)12-23-16-19-20(17(22)24-16)14-9-5-2-6-10-14/h1-10H,11-12H2,(H,18,21). The summed E-state index contributed by atoms with van der Waals surface area (Å²) in [5, 5.41) is 7.39. The third-order valence-corrected chi connectivity index (χ3v) is 5.55. The Hall–Kier alpha value is -1.96. The van der Waals surface area contributed by atoms with Crippen molar-refractivity contribution in [1.82, 2.24) is 15.1 Å². The number of carbonyl (C=O) groups excluding carboxylic acids is 1. The largest absolute Gasteiger partial charge is 0.351 e. The highest BCUT2D eigenvalue weighted by Crippen LogP contribution is 2.23. The Balaban J connectivity index is 1.55. The lowest BCUT2D eigenvalue weighted by Gasteiger charge is -2.04. The minimum absolute atomic E-state index is 0.0174. The summed E-state index contributed by atoms with van der Waals surface area (Å²) in [6.45, 7) is 0.536. The molecule has 0 aliphatic carbocycles. The van der Waals surface area contributed by atoms with E-state index in [9.17, 15) is 4.79 Å². The fourth-order valence-corrected chi connectivity index (χ4v) is 4.22. The molecule has 0 saturated carbocycles. The number of thioether (sulfide) groups is 1. The van der Waals surface area contributed by atoms with Gasteiger partial charge in [-0.15, -0.1) is 5.10 Å². The summed E-state index contributed by atoms with van der Waals surface area (Å²) in [6, 6.07) is 19.6. The van der Waals surface area contributed by atoms with Gasteiger partial charge < -0.3 is 5.32 Å². The van der Waals surface area contributed by atoms with Gasteiger partial charge in [-0.3, -0.25) is 4.79 Å². The van der Waals surface area contributed by atoms with Gasteiger partial charge in [-0.25, -0.2) is 4.68 Å². The predicted molar refractivity (Wildman–Crippen MR) is 101 cm³/mol. The van der Waals surface area contributed by atoms with E-state index in [1.165, 1.54) is 23.1 Å². The first kappa shape index (κ1) is 16.9. The number of amides is 1. The summed E-state index contributed by atoms with van der Waals surface area (Å²) >= 11 is 8.17. The van der Waals surface area contributed by atoms with E-state index in [1.54, 1.807) is 4.68 Å². The molecule has 122 valence electrons. The summed E-state index contributed by atoms with van der Waals surface area (Å²) in [5.41, 5.74) is 2.01. The molecule has 0 unspecified atom stereocenters. The Morgan fingerprint density at radius 2 is 1.79 bits per heavy atom. The van der Waals surface area contributed by atoms with E-state index in [0.717, 1.165) is 15.6 Å². The highest BCUT2D eigenvalue weighted by molar-refractivity contribution is 8.01. The Kier molecular flexibility index (Phi) is 5.79. The van der Waals surface area contributed by atoms with Crippen molar-refractivity contribution in [2.24, 2.45) is 0 Å². The van der Waals surface area contributed by atoms with Gasteiger partial charge in [-0.1, -0.05) is 71.6 Å². The molecule has 3 rings (SSSR count). The van der Waals surface area contributed by atoms with Crippen molar-refractivity contribution in [3.8, 4) is 5.69 Å². The van der Waals surface area contributed by atoms with Crippen molar-refractivity contribution in [2.75, 3.05) is 5.75 Å². The molecule has 0 aliphatic heterocycles. The average Bonchev–Trinajstić information content (AvgIpc) is 3.00. The van der Waals surface area contributed by atoms with E-state index in [1.807, 2.05) is 60.7 Å². The molecule has 0 bridgehead atoms. The number of nitrogens with zero attached hydrogens (tertiary/aromatic N) is 2. The van der Waals surface area contributed by atoms with Gasteiger partial charge in [0.1, 0.15) is 0 Å². The van der Waals surface area contributed by atoms with Crippen molar-refractivity contribution in [2.45, 2.75) is 10.9 Å². The van der Waals surface area contributed by atoms with Gasteiger partial charge in [-0.2, -0.15) is 0 Å². The molecule has 0 fully saturated rings. The van der Waals surface area contributed by atoms with Crippen LogP contribution in [0.5, 0.6) is 0 Å².